The van der Waals surface area contributed by atoms with Crippen LogP contribution >= 0.6 is 0 Å². The summed E-state index contributed by atoms with van der Waals surface area (Å²) in [5.74, 6) is -0.251. The minimum absolute atomic E-state index is 0.174. The molecular formula is C15H23FO. The first-order valence-corrected chi connectivity index (χ1v) is 6.11. The number of halogens is 1. The molecule has 0 heterocycles. The van der Waals surface area contributed by atoms with E-state index in [2.05, 4.69) is 20.8 Å². The van der Waals surface area contributed by atoms with Crippen molar-refractivity contribution < 1.29 is 9.50 Å². The number of benzene rings is 1. The topological polar surface area (TPSA) is 20.2 Å². The summed E-state index contributed by atoms with van der Waals surface area (Å²) in [6.07, 6.45) is 1.54. The van der Waals surface area contributed by atoms with Gasteiger partial charge in [0.1, 0.15) is 5.82 Å². The highest BCUT2D eigenvalue weighted by atomic mass is 19.1. The van der Waals surface area contributed by atoms with Gasteiger partial charge in [0.05, 0.1) is 5.60 Å². The molecule has 1 aromatic rings. The van der Waals surface area contributed by atoms with Gasteiger partial charge >= 0.3 is 0 Å². The maximum atomic E-state index is 13.5. The molecule has 17 heavy (non-hydrogen) atoms. The van der Waals surface area contributed by atoms with Crippen molar-refractivity contribution in [2.75, 3.05) is 0 Å². The first-order chi connectivity index (χ1) is 7.62. The minimum Gasteiger partial charge on any atom is -0.385 e. The molecule has 0 saturated heterocycles. The molecule has 1 unspecified atom stereocenters. The molecule has 1 atom stereocenters. The van der Waals surface area contributed by atoms with Crippen molar-refractivity contribution in [3.05, 3.63) is 35.1 Å². The van der Waals surface area contributed by atoms with Crippen LogP contribution in [0.25, 0.3) is 0 Å². The lowest BCUT2D eigenvalue weighted by Crippen LogP contribution is -2.23. The predicted molar refractivity (Wildman–Crippen MR) is 69.4 cm³/mol. The normalized spacial score (nSPS) is 15.7. The molecule has 0 aliphatic heterocycles. The molecule has 2 heteroatoms. The van der Waals surface area contributed by atoms with Crippen molar-refractivity contribution in [1.29, 1.82) is 0 Å². The number of hydrogen-bond acceptors (Lipinski definition) is 1. The van der Waals surface area contributed by atoms with E-state index in [0.717, 1.165) is 6.42 Å². The van der Waals surface area contributed by atoms with E-state index in [-0.39, 0.29) is 11.2 Å². The Bertz CT molecular complexity index is 388. The molecule has 96 valence electrons. The van der Waals surface area contributed by atoms with Gasteiger partial charge in [0.15, 0.2) is 0 Å². The standard InChI is InChI=1S/C15H23FO/c1-11-6-7-12(10-13(11)16)15(5,17)9-8-14(2,3)4/h6-7,10,17H,8-9H2,1-5H3. The summed E-state index contributed by atoms with van der Waals surface area (Å²) in [4.78, 5) is 0. The van der Waals surface area contributed by atoms with Gasteiger partial charge in [-0.2, -0.15) is 0 Å². The lowest BCUT2D eigenvalue weighted by atomic mass is 9.82. The van der Waals surface area contributed by atoms with E-state index in [1.54, 1.807) is 26.0 Å². The predicted octanol–water partition coefficient (Wildman–Crippen LogP) is 4.17. The number of rotatable bonds is 3. The van der Waals surface area contributed by atoms with Crippen molar-refractivity contribution in [3.8, 4) is 0 Å². The van der Waals surface area contributed by atoms with Gasteiger partial charge < -0.3 is 5.11 Å². The smallest absolute Gasteiger partial charge is 0.126 e. The fourth-order valence-electron chi connectivity index (χ4n) is 1.69. The summed E-state index contributed by atoms with van der Waals surface area (Å²) in [6.45, 7) is 9.89. The van der Waals surface area contributed by atoms with Crippen LogP contribution < -0.4 is 0 Å². The van der Waals surface area contributed by atoms with Gasteiger partial charge in [0.2, 0.25) is 0 Å². The van der Waals surface area contributed by atoms with Crippen LogP contribution in [0.15, 0.2) is 18.2 Å². The molecule has 0 bridgehead atoms. The molecule has 0 fully saturated rings. The highest BCUT2D eigenvalue weighted by molar-refractivity contribution is 5.27. The molecule has 1 nitrogen and oxygen atoms in total. The van der Waals surface area contributed by atoms with Gasteiger partial charge in [-0.05, 0) is 49.3 Å². The second-order valence-electron chi connectivity index (χ2n) is 6.30. The van der Waals surface area contributed by atoms with Crippen molar-refractivity contribution in [2.24, 2.45) is 5.41 Å². The Hall–Kier alpha value is -0.890. The van der Waals surface area contributed by atoms with Gasteiger partial charge in [-0.25, -0.2) is 4.39 Å². The van der Waals surface area contributed by atoms with Crippen molar-refractivity contribution in [2.45, 2.75) is 53.1 Å². The molecule has 0 aliphatic rings. The number of hydrogen-bond donors (Lipinski definition) is 1. The monoisotopic (exact) mass is 238 g/mol. The van der Waals surface area contributed by atoms with Gasteiger partial charge in [0.25, 0.3) is 0 Å². The Balaban J connectivity index is 2.85. The largest absolute Gasteiger partial charge is 0.385 e. The zero-order valence-electron chi connectivity index (χ0n) is 11.5. The van der Waals surface area contributed by atoms with E-state index in [0.29, 0.717) is 17.5 Å². The Morgan fingerprint density at radius 1 is 1.12 bits per heavy atom. The van der Waals surface area contributed by atoms with Crippen LogP contribution in [-0.2, 0) is 5.60 Å². The SMILES string of the molecule is Cc1ccc(C(C)(O)CCC(C)(C)C)cc1F. The summed E-state index contributed by atoms with van der Waals surface area (Å²) in [5.41, 5.74) is 0.486. The third kappa shape index (κ3) is 4.12. The molecule has 0 aromatic heterocycles. The van der Waals surface area contributed by atoms with Crippen LogP contribution in [0.3, 0.4) is 0 Å². The lowest BCUT2D eigenvalue weighted by molar-refractivity contribution is 0.0355. The van der Waals surface area contributed by atoms with Crippen molar-refractivity contribution in [1.82, 2.24) is 0 Å². The third-order valence-electron chi connectivity index (χ3n) is 3.16. The second-order valence-corrected chi connectivity index (χ2v) is 6.30. The van der Waals surface area contributed by atoms with Gasteiger partial charge in [0, 0.05) is 0 Å². The Morgan fingerprint density at radius 3 is 2.18 bits per heavy atom. The average molecular weight is 238 g/mol. The Labute approximate surface area is 104 Å². The first kappa shape index (κ1) is 14.2. The van der Waals surface area contributed by atoms with E-state index >= 15 is 0 Å². The van der Waals surface area contributed by atoms with Gasteiger partial charge in [-0.15, -0.1) is 0 Å². The number of aryl methyl sites for hydroxylation is 1. The third-order valence-corrected chi connectivity index (χ3v) is 3.16. The van der Waals surface area contributed by atoms with Crippen LogP contribution in [0.1, 0.15) is 51.7 Å². The van der Waals surface area contributed by atoms with E-state index < -0.39 is 5.60 Å². The molecule has 0 saturated carbocycles. The van der Waals surface area contributed by atoms with Crippen molar-refractivity contribution in [3.63, 3.8) is 0 Å². The zero-order chi connectivity index (χ0) is 13.3. The molecule has 0 radical (unpaired) electrons. The van der Waals surface area contributed by atoms with E-state index in [4.69, 9.17) is 0 Å². The fourth-order valence-corrected chi connectivity index (χ4v) is 1.69. The Kier molecular flexibility index (Phi) is 3.98. The zero-order valence-corrected chi connectivity index (χ0v) is 11.5. The minimum atomic E-state index is -0.957. The van der Waals surface area contributed by atoms with Crippen LogP contribution in [0.5, 0.6) is 0 Å². The molecular weight excluding hydrogens is 215 g/mol. The molecule has 1 N–H and O–H groups in total. The van der Waals surface area contributed by atoms with Crippen LogP contribution in [-0.4, -0.2) is 5.11 Å². The number of aliphatic hydroxyl groups is 1. The van der Waals surface area contributed by atoms with E-state index in [1.807, 2.05) is 0 Å². The quantitative estimate of drug-likeness (QED) is 0.838. The van der Waals surface area contributed by atoms with E-state index in [9.17, 15) is 9.50 Å². The lowest BCUT2D eigenvalue weighted by Gasteiger charge is -2.28. The first-order valence-electron chi connectivity index (χ1n) is 6.11. The highest BCUT2D eigenvalue weighted by Crippen LogP contribution is 2.32. The van der Waals surface area contributed by atoms with Crippen LogP contribution in [0, 0.1) is 18.2 Å². The molecule has 0 amide bonds. The van der Waals surface area contributed by atoms with Gasteiger partial charge in [-0.1, -0.05) is 32.9 Å². The van der Waals surface area contributed by atoms with Crippen molar-refractivity contribution >= 4 is 0 Å². The summed E-state index contributed by atoms with van der Waals surface area (Å²) < 4.78 is 13.5. The summed E-state index contributed by atoms with van der Waals surface area (Å²) in [5, 5.41) is 10.4. The van der Waals surface area contributed by atoms with Crippen LogP contribution in [0.4, 0.5) is 4.39 Å². The molecule has 0 aliphatic carbocycles. The Morgan fingerprint density at radius 2 is 1.71 bits per heavy atom. The summed E-state index contributed by atoms with van der Waals surface area (Å²) in [7, 11) is 0. The van der Waals surface area contributed by atoms with Crippen LogP contribution in [0.2, 0.25) is 0 Å². The second kappa shape index (κ2) is 4.77. The molecule has 1 rings (SSSR count). The molecule has 1 aromatic carbocycles. The summed E-state index contributed by atoms with van der Waals surface area (Å²) in [6, 6.07) is 4.97. The maximum Gasteiger partial charge on any atom is 0.126 e. The maximum absolute atomic E-state index is 13.5. The average Bonchev–Trinajstić information content (AvgIpc) is 2.18. The molecule has 0 spiro atoms. The summed E-state index contributed by atoms with van der Waals surface area (Å²) >= 11 is 0. The fraction of sp³-hybridized carbons (Fsp3) is 0.600. The van der Waals surface area contributed by atoms with E-state index in [1.165, 1.54) is 6.07 Å². The highest BCUT2D eigenvalue weighted by Gasteiger charge is 2.26. The van der Waals surface area contributed by atoms with Gasteiger partial charge in [-0.3, -0.25) is 0 Å².